The van der Waals surface area contributed by atoms with Crippen LogP contribution in [-0.4, -0.2) is 74.2 Å². The number of amides is 3. The van der Waals surface area contributed by atoms with E-state index in [-0.39, 0.29) is 42.5 Å². The van der Waals surface area contributed by atoms with Gasteiger partial charge in [-0.2, -0.15) is 5.10 Å². The van der Waals surface area contributed by atoms with E-state index in [2.05, 4.69) is 32.5 Å². The molecule has 256 valence electrons. The average molecular weight is 667 g/mol. The molecule has 2 fully saturated rings. The molecule has 0 spiro atoms. The van der Waals surface area contributed by atoms with Crippen LogP contribution in [0.5, 0.6) is 5.75 Å². The molecule has 1 unspecified atom stereocenters. The number of piperidine rings is 2. The maximum absolute atomic E-state index is 13.2. The van der Waals surface area contributed by atoms with Crippen molar-refractivity contribution >= 4 is 40.3 Å². The standard InChI is InChI=1S/C37H42N6O6/c1-22(49-30-11-5-7-25(23(30)2)26-9-6-18-38-34(26)37(47)48)12-13-24-16-19-43(20-17-24)21-32(45)39-29-10-4-8-27-33(41-42(3)35(27)29)28-14-15-31(44)40-36(28)46/h4-11,18,22,24,28H,12-17,19-21H2,1-3H3,(H,39,45)(H,47,48)(H,40,44,46)/t22-,28?/m0/s1. The fourth-order valence-corrected chi connectivity index (χ4v) is 7.08. The van der Waals surface area contributed by atoms with Crippen LogP contribution in [0, 0.1) is 12.8 Å². The van der Waals surface area contributed by atoms with Crippen LogP contribution in [0.25, 0.3) is 22.0 Å². The molecule has 3 N–H and O–H groups in total. The number of aromatic carboxylic acids is 1. The first-order valence-electron chi connectivity index (χ1n) is 16.9. The fourth-order valence-electron chi connectivity index (χ4n) is 7.08. The molecule has 0 bridgehead atoms. The summed E-state index contributed by atoms with van der Waals surface area (Å²) in [5.41, 5.74) is 4.26. The van der Waals surface area contributed by atoms with Crippen molar-refractivity contribution in [3.63, 3.8) is 0 Å². The second kappa shape index (κ2) is 14.6. The number of benzene rings is 2. The van der Waals surface area contributed by atoms with Gasteiger partial charge in [-0.3, -0.25) is 29.3 Å². The molecule has 0 aliphatic carbocycles. The summed E-state index contributed by atoms with van der Waals surface area (Å²) in [6, 6.07) is 14.8. The number of hydrogen-bond donors (Lipinski definition) is 3. The molecule has 12 nitrogen and oxygen atoms in total. The maximum Gasteiger partial charge on any atom is 0.355 e. The molecule has 2 aromatic heterocycles. The quantitative estimate of drug-likeness (QED) is 0.186. The Morgan fingerprint density at radius 3 is 2.57 bits per heavy atom. The molecule has 0 radical (unpaired) electrons. The normalized spacial score (nSPS) is 17.9. The lowest BCUT2D eigenvalue weighted by molar-refractivity contribution is -0.134. The number of imide groups is 1. The molecule has 2 atom stereocenters. The Hall–Kier alpha value is -5.10. The van der Waals surface area contributed by atoms with Crippen molar-refractivity contribution < 1.29 is 29.0 Å². The van der Waals surface area contributed by atoms with Gasteiger partial charge in [-0.25, -0.2) is 9.78 Å². The highest BCUT2D eigenvalue weighted by Gasteiger charge is 2.32. The molecular weight excluding hydrogens is 624 g/mol. The van der Waals surface area contributed by atoms with Gasteiger partial charge in [0.05, 0.1) is 35.5 Å². The summed E-state index contributed by atoms with van der Waals surface area (Å²) in [5.74, 6) is -1.00. The lowest BCUT2D eigenvalue weighted by Gasteiger charge is -2.32. The van der Waals surface area contributed by atoms with Crippen LogP contribution in [0.15, 0.2) is 54.7 Å². The molecule has 2 aromatic carbocycles. The molecule has 4 heterocycles. The molecule has 12 heteroatoms. The molecule has 2 saturated heterocycles. The summed E-state index contributed by atoms with van der Waals surface area (Å²) in [5, 5.41) is 20.5. The third kappa shape index (κ3) is 7.49. The minimum absolute atomic E-state index is 0.0178. The number of carbonyl (C=O) groups is 4. The molecule has 3 amide bonds. The van der Waals surface area contributed by atoms with Gasteiger partial charge in [-0.15, -0.1) is 0 Å². The highest BCUT2D eigenvalue weighted by atomic mass is 16.5. The zero-order valence-corrected chi connectivity index (χ0v) is 28.1. The number of hydrogen-bond acceptors (Lipinski definition) is 8. The number of rotatable bonds is 11. The number of fused-ring (bicyclic) bond motifs is 1. The molecule has 6 rings (SSSR count). The van der Waals surface area contributed by atoms with Crippen molar-refractivity contribution in [1.29, 1.82) is 0 Å². The largest absolute Gasteiger partial charge is 0.490 e. The predicted molar refractivity (Wildman–Crippen MR) is 184 cm³/mol. The van der Waals surface area contributed by atoms with Gasteiger partial charge in [-0.1, -0.05) is 30.3 Å². The van der Waals surface area contributed by atoms with Crippen LogP contribution in [-0.2, 0) is 21.4 Å². The van der Waals surface area contributed by atoms with E-state index in [0.29, 0.717) is 29.3 Å². The van der Waals surface area contributed by atoms with E-state index < -0.39 is 11.9 Å². The van der Waals surface area contributed by atoms with Crippen molar-refractivity contribution in [3.05, 3.63) is 71.7 Å². The number of para-hydroxylation sites is 1. The van der Waals surface area contributed by atoms with Gasteiger partial charge in [-0.05, 0) is 94.3 Å². The summed E-state index contributed by atoms with van der Waals surface area (Å²) in [4.78, 5) is 55.3. The maximum atomic E-state index is 13.2. The van der Waals surface area contributed by atoms with Crippen LogP contribution in [0.4, 0.5) is 5.69 Å². The highest BCUT2D eigenvalue weighted by Crippen LogP contribution is 2.35. The van der Waals surface area contributed by atoms with Crippen LogP contribution in [0.3, 0.4) is 0 Å². The number of carboxylic acid groups (broad SMARTS) is 1. The van der Waals surface area contributed by atoms with Crippen LogP contribution in [0.2, 0.25) is 0 Å². The second-order valence-electron chi connectivity index (χ2n) is 13.1. The van der Waals surface area contributed by atoms with Crippen molar-refractivity contribution in [2.75, 3.05) is 25.0 Å². The number of carboxylic acids is 1. The van der Waals surface area contributed by atoms with Gasteiger partial charge < -0.3 is 15.2 Å². The highest BCUT2D eigenvalue weighted by molar-refractivity contribution is 6.05. The molecular formula is C37H42N6O6. The monoisotopic (exact) mass is 666 g/mol. The smallest absolute Gasteiger partial charge is 0.355 e. The van der Waals surface area contributed by atoms with Gasteiger partial charge in [0.1, 0.15) is 5.75 Å². The molecule has 2 aliphatic heterocycles. The molecule has 4 aromatic rings. The number of aryl methyl sites for hydroxylation is 1. The Kier molecular flexibility index (Phi) is 10.0. The summed E-state index contributed by atoms with van der Waals surface area (Å²) in [6.45, 7) is 5.96. The Morgan fingerprint density at radius 1 is 1.06 bits per heavy atom. The number of likely N-dealkylation sites (tertiary alicyclic amines) is 1. The number of nitrogens with zero attached hydrogens (tertiary/aromatic N) is 4. The Bertz CT molecular complexity index is 1900. The first kappa shape index (κ1) is 33.8. The van der Waals surface area contributed by atoms with Crippen LogP contribution < -0.4 is 15.4 Å². The number of anilines is 1. The number of aromatic nitrogens is 3. The van der Waals surface area contributed by atoms with E-state index in [1.165, 1.54) is 6.20 Å². The zero-order chi connectivity index (χ0) is 34.7. The van der Waals surface area contributed by atoms with E-state index in [4.69, 9.17) is 4.74 Å². The SMILES string of the molecule is Cc1c(O[C@@H](C)CCC2CCN(CC(=O)Nc3cccc4c(C5CCC(=O)NC5=O)nn(C)c34)CC2)cccc1-c1cccnc1C(=O)O. The van der Waals surface area contributed by atoms with Gasteiger partial charge >= 0.3 is 5.97 Å². The Morgan fingerprint density at radius 2 is 1.82 bits per heavy atom. The van der Waals surface area contributed by atoms with E-state index >= 15 is 0 Å². The number of pyridine rings is 1. The lowest BCUT2D eigenvalue weighted by Crippen LogP contribution is -2.39. The summed E-state index contributed by atoms with van der Waals surface area (Å²) in [6.07, 6.45) is 6.05. The molecule has 2 aliphatic rings. The van der Waals surface area contributed by atoms with Crippen molar-refractivity contribution in [3.8, 4) is 16.9 Å². The van der Waals surface area contributed by atoms with E-state index in [9.17, 15) is 24.3 Å². The third-order valence-corrected chi connectivity index (χ3v) is 9.71. The fraction of sp³-hybridized carbons (Fsp3) is 0.405. The van der Waals surface area contributed by atoms with Crippen molar-refractivity contribution in [2.45, 2.75) is 64.4 Å². The van der Waals surface area contributed by atoms with E-state index in [1.807, 2.05) is 43.3 Å². The minimum atomic E-state index is -1.06. The summed E-state index contributed by atoms with van der Waals surface area (Å²) >= 11 is 0. The zero-order valence-electron chi connectivity index (χ0n) is 28.1. The van der Waals surface area contributed by atoms with Crippen LogP contribution in [0.1, 0.15) is 73.1 Å². The summed E-state index contributed by atoms with van der Waals surface area (Å²) < 4.78 is 8.03. The number of ether oxygens (including phenoxy) is 1. The van der Waals surface area contributed by atoms with E-state index in [0.717, 1.165) is 66.6 Å². The topological polar surface area (TPSA) is 156 Å². The van der Waals surface area contributed by atoms with E-state index in [1.54, 1.807) is 23.9 Å². The predicted octanol–water partition coefficient (Wildman–Crippen LogP) is 5.06. The molecule has 0 saturated carbocycles. The average Bonchev–Trinajstić information content (AvgIpc) is 3.42. The number of carbonyl (C=O) groups excluding carboxylic acids is 3. The van der Waals surface area contributed by atoms with Gasteiger partial charge in [0.25, 0.3) is 0 Å². The number of nitrogens with one attached hydrogen (secondary N) is 2. The summed E-state index contributed by atoms with van der Waals surface area (Å²) in [7, 11) is 1.79. The second-order valence-corrected chi connectivity index (χ2v) is 13.1. The first-order valence-corrected chi connectivity index (χ1v) is 16.9. The van der Waals surface area contributed by atoms with Crippen molar-refractivity contribution in [1.82, 2.24) is 25.0 Å². The van der Waals surface area contributed by atoms with Crippen LogP contribution >= 0.6 is 0 Å². The minimum Gasteiger partial charge on any atom is -0.490 e. The third-order valence-electron chi connectivity index (χ3n) is 9.71. The van der Waals surface area contributed by atoms with Crippen molar-refractivity contribution in [2.24, 2.45) is 13.0 Å². The van der Waals surface area contributed by atoms with Gasteiger partial charge in [0.15, 0.2) is 5.69 Å². The Balaban J connectivity index is 0.990. The first-order chi connectivity index (χ1) is 23.6. The molecule has 49 heavy (non-hydrogen) atoms. The lowest BCUT2D eigenvalue weighted by atomic mass is 9.91. The Labute approximate surface area is 284 Å². The van der Waals surface area contributed by atoms with Gasteiger partial charge in [0.2, 0.25) is 17.7 Å². The van der Waals surface area contributed by atoms with Gasteiger partial charge in [0, 0.05) is 30.6 Å².